The molecule has 0 saturated carbocycles. The summed E-state index contributed by atoms with van der Waals surface area (Å²) in [6.07, 6.45) is 2.21. The van der Waals surface area contributed by atoms with Crippen molar-refractivity contribution in [1.82, 2.24) is 5.32 Å². The summed E-state index contributed by atoms with van der Waals surface area (Å²) in [6.45, 7) is 2.94. The topological polar surface area (TPSA) is 60.7 Å². The molecule has 2 aromatic rings. The van der Waals surface area contributed by atoms with Gasteiger partial charge in [-0.2, -0.15) is 0 Å². The molecule has 1 unspecified atom stereocenters. The number of hydrogen-bond acceptors (Lipinski definition) is 4. The molecular weight excluding hydrogens is 325 g/mol. The van der Waals surface area contributed by atoms with Crippen LogP contribution >= 0.6 is 0 Å². The summed E-state index contributed by atoms with van der Waals surface area (Å²) in [5.74, 6) is 0.831. The van der Waals surface area contributed by atoms with Gasteiger partial charge in [-0.25, -0.2) is 4.39 Å². The Morgan fingerprint density at radius 2 is 1.96 bits per heavy atom. The minimum atomic E-state index is -0.297. The highest BCUT2D eigenvalue weighted by molar-refractivity contribution is 5.91. The number of carbonyl (C=O) groups is 1. The molecule has 1 aliphatic heterocycles. The summed E-state index contributed by atoms with van der Waals surface area (Å²) in [6, 6.07) is 9.99. The normalized spacial score (nSPS) is 15.3. The lowest BCUT2D eigenvalue weighted by molar-refractivity contribution is -0.122. The van der Waals surface area contributed by atoms with Crippen molar-refractivity contribution in [3.63, 3.8) is 0 Å². The van der Waals surface area contributed by atoms with Crippen LogP contribution in [0.5, 0.6) is 0 Å². The van der Waals surface area contributed by atoms with E-state index in [9.17, 15) is 9.18 Å². The number of allylic oxidation sites excluding steroid dienone is 1. The molecule has 132 valence electrons. The molecule has 5 nitrogen and oxygen atoms in total. The molecule has 1 aromatic carbocycles. The number of hydrogen-bond donors (Lipinski definition) is 1. The molecule has 0 aliphatic carbocycles. The fraction of sp³-hybridized carbons (Fsp3) is 0.316. The van der Waals surface area contributed by atoms with E-state index in [-0.39, 0.29) is 23.4 Å². The second kappa shape index (κ2) is 7.88. The van der Waals surface area contributed by atoms with E-state index in [0.29, 0.717) is 31.9 Å². The van der Waals surface area contributed by atoms with Crippen LogP contribution in [0.1, 0.15) is 30.6 Å². The van der Waals surface area contributed by atoms with Crippen LogP contribution in [-0.4, -0.2) is 25.7 Å². The summed E-state index contributed by atoms with van der Waals surface area (Å²) in [4.78, 5) is 12.2. The lowest BCUT2D eigenvalue weighted by atomic mass is 9.93. The van der Waals surface area contributed by atoms with Crippen molar-refractivity contribution >= 4 is 5.91 Å². The highest BCUT2D eigenvalue weighted by Gasteiger charge is 2.21. The van der Waals surface area contributed by atoms with E-state index < -0.39 is 0 Å². The van der Waals surface area contributed by atoms with Crippen molar-refractivity contribution in [1.29, 1.82) is 0 Å². The lowest BCUT2D eigenvalue weighted by Crippen LogP contribution is -2.31. The highest BCUT2D eigenvalue weighted by Crippen LogP contribution is 2.28. The maximum Gasteiger partial charge on any atom is 0.289 e. The number of ether oxygens (including phenoxy) is 2. The Labute approximate surface area is 145 Å². The zero-order chi connectivity index (χ0) is 17.6. The molecule has 6 heteroatoms. The molecular formula is C19H20FNO4. The third-order valence-electron chi connectivity index (χ3n) is 4.05. The fourth-order valence-electron chi connectivity index (χ4n) is 2.80. The molecule has 1 aliphatic rings. The molecule has 3 rings (SSSR count). The van der Waals surface area contributed by atoms with Crippen molar-refractivity contribution in [2.24, 2.45) is 0 Å². The number of benzene rings is 1. The molecule has 2 heterocycles. The minimum Gasteiger partial charge on any atom is -0.491 e. The molecule has 1 aromatic heterocycles. The quantitative estimate of drug-likeness (QED) is 0.872. The predicted molar refractivity (Wildman–Crippen MR) is 89.2 cm³/mol. The van der Waals surface area contributed by atoms with Crippen molar-refractivity contribution in [3.8, 4) is 0 Å². The summed E-state index contributed by atoms with van der Waals surface area (Å²) >= 11 is 0. The average Bonchev–Trinajstić information content (AvgIpc) is 3.14. The molecule has 25 heavy (non-hydrogen) atoms. The van der Waals surface area contributed by atoms with Crippen LogP contribution in [0.25, 0.3) is 0 Å². The molecule has 1 atom stereocenters. The van der Waals surface area contributed by atoms with Crippen LogP contribution in [-0.2, 0) is 14.3 Å². The third kappa shape index (κ3) is 4.21. The van der Waals surface area contributed by atoms with E-state index in [0.717, 1.165) is 11.3 Å². The highest BCUT2D eigenvalue weighted by atomic mass is 19.1. The number of carbonyl (C=O) groups excluding carboxylic acids is 1. The minimum absolute atomic E-state index is 0.0745. The molecule has 0 fully saturated rings. The van der Waals surface area contributed by atoms with Crippen LogP contribution in [0.2, 0.25) is 0 Å². The van der Waals surface area contributed by atoms with Crippen LogP contribution in [0, 0.1) is 5.82 Å². The first-order chi connectivity index (χ1) is 12.1. The van der Waals surface area contributed by atoms with Gasteiger partial charge in [-0.1, -0.05) is 12.1 Å². The lowest BCUT2D eigenvalue weighted by Gasteiger charge is -2.20. The van der Waals surface area contributed by atoms with Crippen molar-refractivity contribution < 1.29 is 23.1 Å². The largest absolute Gasteiger partial charge is 0.491 e. The average molecular weight is 345 g/mol. The second-order valence-corrected chi connectivity index (χ2v) is 5.75. The summed E-state index contributed by atoms with van der Waals surface area (Å²) in [5.41, 5.74) is 0.929. The predicted octanol–water partition coefficient (Wildman–Crippen LogP) is 3.34. The van der Waals surface area contributed by atoms with Gasteiger partial charge in [-0.05, 0) is 43.2 Å². The van der Waals surface area contributed by atoms with E-state index in [4.69, 9.17) is 13.9 Å². The van der Waals surface area contributed by atoms with E-state index in [2.05, 4.69) is 5.32 Å². The number of rotatable bonds is 6. The van der Waals surface area contributed by atoms with Crippen LogP contribution in [0.3, 0.4) is 0 Å². The standard InChI is InChI=1S/C19H20FNO4/c1-13-18(25-12-11-23-13)19(22)21-9-8-16(17-3-2-10-24-17)14-4-6-15(20)7-5-14/h2-7,10,16H,8-9,11-12H2,1H3,(H,21,22). The SMILES string of the molecule is CC1=C(C(=O)NCCC(c2ccc(F)cc2)c2ccco2)OCCO1. The van der Waals surface area contributed by atoms with Crippen molar-refractivity contribution in [2.75, 3.05) is 19.8 Å². The van der Waals surface area contributed by atoms with Gasteiger partial charge >= 0.3 is 0 Å². The van der Waals surface area contributed by atoms with Crippen LogP contribution < -0.4 is 5.32 Å². The number of furan rings is 1. The Hall–Kier alpha value is -2.76. The molecule has 0 saturated heterocycles. The second-order valence-electron chi connectivity index (χ2n) is 5.75. The van der Waals surface area contributed by atoms with Crippen molar-refractivity contribution in [3.05, 3.63) is 71.3 Å². The first-order valence-electron chi connectivity index (χ1n) is 8.18. The summed E-state index contributed by atoms with van der Waals surface area (Å²) in [7, 11) is 0. The Morgan fingerprint density at radius 3 is 2.64 bits per heavy atom. The van der Waals surface area contributed by atoms with Gasteiger partial charge in [0.1, 0.15) is 30.6 Å². The van der Waals surface area contributed by atoms with Gasteiger partial charge in [0.2, 0.25) is 5.76 Å². The Bertz CT molecular complexity index is 737. The smallest absolute Gasteiger partial charge is 0.289 e. The maximum absolute atomic E-state index is 13.2. The summed E-state index contributed by atoms with van der Waals surface area (Å²) in [5, 5.41) is 2.84. The number of amides is 1. The zero-order valence-electron chi connectivity index (χ0n) is 14.0. The van der Waals surface area contributed by atoms with E-state index in [1.54, 1.807) is 25.3 Å². The van der Waals surface area contributed by atoms with Gasteiger partial charge in [-0.15, -0.1) is 0 Å². The first kappa shape index (κ1) is 17.1. The first-order valence-corrected chi connectivity index (χ1v) is 8.18. The van der Waals surface area contributed by atoms with Gasteiger partial charge in [0.25, 0.3) is 5.91 Å². The van der Waals surface area contributed by atoms with Crippen LogP contribution in [0.4, 0.5) is 4.39 Å². The van der Waals surface area contributed by atoms with E-state index in [1.165, 1.54) is 12.1 Å². The Morgan fingerprint density at radius 1 is 1.20 bits per heavy atom. The van der Waals surface area contributed by atoms with Gasteiger partial charge < -0.3 is 19.2 Å². The number of halogens is 1. The number of nitrogens with one attached hydrogen (secondary N) is 1. The van der Waals surface area contributed by atoms with Crippen molar-refractivity contribution in [2.45, 2.75) is 19.3 Å². The molecule has 1 N–H and O–H groups in total. The van der Waals surface area contributed by atoms with Gasteiger partial charge in [0.15, 0.2) is 0 Å². The van der Waals surface area contributed by atoms with E-state index in [1.807, 2.05) is 12.1 Å². The van der Waals surface area contributed by atoms with E-state index >= 15 is 0 Å². The Balaban J connectivity index is 1.65. The summed E-state index contributed by atoms with van der Waals surface area (Å²) < 4.78 is 29.4. The van der Waals surface area contributed by atoms with Gasteiger partial charge in [0, 0.05) is 12.5 Å². The molecule has 1 amide bonds. The van der Waals surface area contributed by atoms with Gasteiger partial charge in [-0.3, -0.25) is 4.79 Å². The monoisotopic (exact) mass is 345 g/mol. The molecule has 0 spiro atoms. The molecule has 0 bridgehead atoms. The fourth-order valence-corrected chi connectivity index (χ4v) is 2.80. The van der Waals surface area contributed by atoms with Crippen LogP contribution in [0.15, 0.2) is 58.6 Å². The third-order valence-corrected chi connectivity index (χ3v) is 4.05. The molecule has 0 radical (unpaired) electrons. The zero-order valence-corrected chi connectivity index (χ0v) is 14.0. The Kier molecular flexibility index (Phi) is 5.38. The maximum atomic E-state index is 13.2. The van der Waals surface area contributed by atoms with Gasteiger partial charge in [0.05, 0.1) is 6.26 Å².